The predicted octanol–water partition coefficient (Wildman–Crippen LogP) is 0.687. The summed E-state index contributed by atoms with van der Waals surface area (Å²) in [5.41, 5.74) is 0. The maximum atomic E-state index is 5.08. The van der Waals surface area contributed by atoms with Gasteiger partial charge in [0.25, 0.3) is 0 Å². The van der Waals surface area contributed by atoms with Crippen molar-refractivity contribution in [3.63, 3.8) is 0 Å². The van der Waals surface area contributed by atoms with Crippen LogP contribution in [0.2, 0.25) is 0 Å². The molecule has 1 atom stereocenters. The van der Waals surface area contributed by atoms with Crippen LogP contribution < -0.4 is 0 Å². The lowest BCUT2D eigenvalue weighted by Crippen LogP contribution is -2.28. The van der Waals surface area contributed by atoms with E-state index in [4.69, 9.17) is 4.74 Å². The molecule has 0 saturated carbocycles. The van der Waals surface area contributed by atoms with Crippen molar-refractivity contribution in [2.45, 2.75) is 0 Å². The highest BCUT2D eigenvalue weighted by atomic mass is 79.9. The highest BCUT2D eigenvalue weighted by Gasteiger charge is 2.02. The van der Waals surface area contributed by atoms with Crippen LogP contribution in [0.1, 0.15) is 0 Å². The first-order valence-electron chi connectivity index (χ1n) is 2.47. The summed E-state index contributed by atoms with van der Waals surface area (Å²) in [4.78, 5) is 0. The van der Waals surface area contributed by atoms with E-state index in [1.54, 1.807) is 0 Å². The molecule has 0 amide bonds. The minimum Gasteiger partial charge on any atom is -0.379 e. The quantitative estimate of drug-likeness (QED) is 0.533. The van der Waals surface area contributed by atoms with Crippen LogP contribution >= 0.6 is 26.4 Å². The maximum Gasteiger partial charge on any atom is 0.0597 e. The van der Waals surface area contributed by atoms with E-state index in [1.165, 1.54) is 0 Å². The van der Waals surface area contributed by atoms with Gasteiger partial charge in [0, 0.05) is 13.1 Å². The highest BCUT2D eigenvalue weighted by molar-refractivity contribution is 8.93. The molecule has 0 aromatic rings. The van der Waals surface area contributed by atoms with Crippen molar-refractivity contribution in [1.29, 1.82) is 0 Å². The van der Waals surface area contributed by atoms with Crippen molar-refractivity contribution < 1.29 is 4.74 Å². The van der Waals surface area contributed by atoms with Gasteiger partial charge in [0.1, 0.15) is 0 Å². The Morgan fingerprint density at radius 3 is 2.00 bits per heavy atom. The molecule has 1 fully saturated rings. The second-order valence-corrected chi connectivity index (χ2v) is 2.38. The Morgan fingerprint density at radius 2 is 1.75 bits per heavy atom. The van der Waals surface area contributed by atoms with Crippen molar-refractivity contribution in [1.82, 2.24) is 4.67 Å². The molecule has 0 radical (unpaired) electrons. The molecule has 1 heterocycles. The number of ether oxygens (including phenoxy) is 1. The van der Waals surface area contributed by atoms with Gasteiger partial charge in [-0.15, -0.1) is 17.0 Å². The van der Waals surface area contributed by atoms with Crippen molar-refractivity contribution in [3.8, 4) is 0 Å². The van der Waals surface area contributed by atoms with E-state index in [0.717, 1.165) is 26.3 Å². The third-order valence-electron chi connectivity index (χ3n) is 1.05. The molecule has 0 bridgehead atoms. The average molecular weight is 200 g/mol. The predicted molar refractivity (Wildman–Crippen MR) is 42.4 cm³/mol. The van der Waals surface area contributed by atoms with E-state index in [1.807, 2.05) is 0 Å². The van der Waals surface area contributed by atoms with Crippen LogP contribution in [0, 0.1) is 0 Å². The lowest BCUT2D eigenvalue weighted by atomic mass is 10.5. The Balaban J connectivity index is 0.000000490. The number of nitrogens with zero attached hydrogens (tertiary/aromatic N) is 1. The summed E-state index contributed by atoms with van der Waals surface area (Å²) in [6.07, 6.45) is 0. The van der Waals surface area contributed by atoms with Gasteiger partial charge >= 0.3 is 0 Å². The first-order valence-corrected chi connectivity index (χ1v) is 2.98. The molecule has 1 saturated heterocycles. The Hall–Kier alpha value is 0.830. The summed E-state index contributed by atoms with van der Waals surface area (Å²) in [6, 6.07) is 0. The molecule has 0 N–H and O–H groups in total. The molecule has 1 unspecified atom stereocenters. The fourth-order valence-electron chi connectivity index (χ4n) is 0.577. The molecule has 8 heavy (non-hydrogen) atoms. The van der Waals surface area contributed by atoms with Gasteiger partial charge in [-0.2, -0.15) is 0 Å². The topological polar surface area (TPSA) is 12.5 Å². The van der Waals surface area contributed by atoms with Gasteiger partial charge in [0.15, 0.2) is 0 Å². The zero-order chi connectivity index (χ0) is 5.11. The van der Waals surface area contributed by atoms with Gasteiger partial charge < -0.3 is 4.74 Å². The Morgan fingerprint density at radius 1 is 1.25 bits per heavy atom. The van der Waals surface area contributed by atoms with Gasteiger partial charge in [0.2, 0.25) is 0 Å². The summed E-state index contributed by atoms with van der Waals surface area (Å²) in [5, 5.41) is 0. The molecule has 0 spiro atoms. The molecule has 0 aromatic carbocycles. The van der Waals surface area contributed by atoms with Gasteiger partial charge in [-0.3, -0.25) is 4.67 Å². The zero-order valence-corrected chi connectivity index (χ0v) is 7.54. The number of rotatable bonds is 0. The van der Waals surface area contributed by atoms with Gasteiger partial charge in [-0.05, 0) is 0 Å². The maximum absolute atomic E-state index is 5.08. The molecular formula is C4H11BrNOP. The Labute approximate surface area is 62.6 Å². The molecule has 1 aliphatic heterocycles. The lowest BCUT2D eigenvalue weighted by Gasteiger charge is -2.20. The van der Waals surface area contributed by atoms with E-state index < -0.39 is 0 Å². The van der Waals surface area contributed by atoms with Crippen LogP contribution in [0.4, 0.5) is 0 Å². The van der Waals surface area contributed by atoms with E-state index in [-0.39, 0.29) is 17.0 Å². The van der Waals surface area contributed by atoms with Crippen LogP contribution in [0.25, 0.3) is 0 Å². The molecule has 0 aromatic heterocycles. The van der Waals surface area contributed by atoms with E-state index >= 15 is 0 Å². The van der Waals surface area contributed by atoms with Crippen molar-refractivity contribution in [3.05, 3.63) is 0 Å². The van der Waals surface area contributed by atoms with E-state index in [2.05, 4.69) is 14.1 Å². The Kier molecular flexibility index (Phi) is 5.17. The van der Waals surface area contributed by atoms with Crippen LogP contribution in [-0.2, 0) is 4.74 Å². The summed E-state index contributed by atoms with van der Waals surface area (Å²) in [6.45, 7) is 3.91. The van der Waals surface area contributed by atoms with E-state index in [0.29, 0.717) is 0 Å². The third-order valence-corrected chi connectivity index (χ3v) is 1.56. The third kappa shape index (κ3) is 2.98. The standard InChI is InChI=1S/C4H10NOP.BrH/c7-5-1-3-6-4-2-5;/h1-4,7H2;1H. The highest BCUT2D eigenvalue weighted by Crippen LogP contribution is 2.00. The smallest absolute Gasteiger partial charge is 0.0597 e. The van der Waals surface area contributed by atoms with Crippen LogP contribution in [-0.4, -0.2) is 31.0 Å². The largest absolute Gasteiger partial charge is 0.379 e. The fourth-order valence-corrected chi connectivity index (χ4v) is 0.788. The molecule has 1 rings (SSSR count). The first-order chi connectivity index (χ1) is 3.39. The van der Waals surface area contributed by atoms with Gasteiger partial charge in [-0.1, -0.05) is 9.39 Å². The second-order valence-electron chi connectivity index (χ2n) is 1.65. The zero-order valence-electron chi connectivity index (χ0n) is 4.67. The Bertz CT molecular complexity index is 58.0. The number of morpholine rings is 1. The minimum absolute atomic E-state index is 0. The van der Waals surface area contributed by atoms with Crippen molar-refractivity contribution >= 4 is 26.4 Å². The fraction of sp³-hybridized carbons (Fsp3) is 1.00. The van der Waals surface area contributed by atoms with Crippen LogP contribution in [0.3, 0.4) is 0 Å². The molecular weight excluding hydrogens is 189 g/mol. The molecule has 0 aliphatic carbocycles. The van der Waals surface area contributed by atoms with Gasteiger partial charge in [-0.25, -0.2) is 0 Å². The monoisotopic (exact) mass is 199 g/mol. The molecule has 2 nitrogen and oxygen atoms in total. The number of halogens is 1. The molecule has 50 valence electrons. The molecule has 4 heteroatoms. The average Bonchev–Trinajstić information content (AvgIpc) is 1.69. The summed E-state index contributed by atoms with van der Waals surface area (Å²) in [5.74, 6) is 0. The second kappa shape index (κ2) is 4.68. The van der Waals surface area contributed by atoms with Crippen molar-refractivity contribution in [2.75, 3.05) is 26.3 Å². The first kappa shape index (κ1) is 8.83. The summed E-state index contributed by atoms with van der Waals surface area (Å²) < 4.78 is 7.27. The summed E-state index contributed by atoms with van der Waals surface area (Å²) >= 11 is 0. The van der Waals surface area contributed by atoms with Crippen LogP contribution in [0.5, 0.6) is 0 Å². The SMILES string of the molecule is Br.PN1CCOCC1. The molecule has 1 aliphatic rings. The minimum atomic E-state index is 0. The normalized spacial score (nSPS) is 22.1. The summed E-state index contributed by atoms with van der Waals surface area (Å²) in [7, 11) is 2.66. The van der Waals surface area contributed by atoms with Crippen LogP contribution in [0.15, 0.2) is 0 Å². The van der Waals surface area contributed by atoms with Crippen molar-refractivity contribution in [2.24, 2.45) is 0 Å². The lowest BCUT2D eigenvalue weighted by molar-refractivity contribution is 0.0769. The number of hydrogen-bond acceptors (Lipinski definition) is 2. The number of hydrogen-bond donors (Lipinski definition) is 0. The van der Waals surface area contributed by atoms with Gasteiger partial charge in [0.05, 0.1) is 13.2 Å². The van der Waals surface area contributed by atoms with E-state index in [9.17, 15) is 0 Å².